The van der Waals surface area contributed by atoms with E-state index in [4.69, 9.17) is 4.74 Å². The molecule has 1 aliphatic rings. The zero-order valence-electron chi connectivity index (χ0n) is 22.5. The first-order chi connectivity index (χ1) is 20.4. The second kappa shape index (κ2) is 11.8. The van der Waals surface area contributed by atoms with Gasteiger partial charge in [0.05, 0.1) is 23.7 Å². The molecule has 0 spiro atoms. The number of methoxy groups -OCH3 is 1. The van der Waals surface area contributed by atoms with Crippen LogP contribution in [0.25, 0.3) is 11.1 Å². The molecule has 13 heteroatoms. The second-order valence-electron chi connectivity index (χ2n) is 9.70. The molecule has 3 aromatic carbocycles. The van der Waals surface area contributed by atoms with E-state index in [1.807, 2.05) is 0 Å². The van der Waals surface area contributed by atoms with Gasteiger partial charge < -0.3 is 9.47 Å². The fourth-order valence-corrected chi connectivity index (χ4v) is 6.66. The second-order valence-corrected chi connectivity index (χ2v) is 10.7. The summed E-state index contributed by atoms with van der Waals surface area (Å²) >= 11 is 1.15. The number of hydrogen-bond acceptors (Lipinski definition) is 6. The summed E-state index contributed by atoms with van der Waals surface area (Å²) in [5.41, 5.74) is -0.344. The van der Waals surface area contributed by atoms with Gasteiger partial charge >= 0.3 is 6.36 Å². The third-order valence-corrected chi connectivity index (χ3v) is 8.49. The molecule has 0 aliphatic carbocycles. The van der Waals surface area contributed by atoms with Gasteiger partial charge in [0.25, 0.3) is 5.56 Å². The zero-order chi connectivity index (χ0) is 31.1. The van der Waals surface area contributed by atoms with Crippen molar-refractivity contribution in [2.24, 2.45) is 5.18 Å². The average Bonchev–Trinajstić information content (AvgIpc) is 3.39. The quantitative estimate of drug-likeness (QED) is 0.148. The number of fused-ring (bicyclic) bond motifs is 1. The number of hydrogen-bond donors (Lipinski definition) is 0. The van der Waals surface area contributed by atoms with Gasteiger partial charge in [-0.05, 0) is 53.9 Å². The van der Waals surface area contributed by atoms with E-state index >= 15 is 4.39 Å². The van der Waals surface area contributed by atoms with E-state index in [2.05, 4.69) is 9.91 Å². The van der Waals surface area contributed by atoms with Crippen molar-refractivity contribution < 1.29 is 35.8 Å². The normalized spacial score (nSPS) is 15.2. The molecule has 4 aromatic rings. The number of halogens is 6. The number of nitrogens with zero attached hydrogens (tertiary/aromatic N) is 2. The minimum Gasteiger partial charge on any atom is -0.494 e. The maximum atomic E-state index is 15.5. The van der Waals surface area contributed by atoms with Gasteiger partial charge in [-0.3, -0.25) is 9.36 Å². The highest BCUT2D eigenvalue weighted by Gasteiger charge is 2.38. The van der Waals surface area contributed by atoms with Crippen molar-refractivity contribution in [2.75, 3.05) is 12.9 Å². The minimum absolute atomic E-state index is 0.0991. The van der Waals surface area contributed by atoms with Gasteiger partial charge in [0.15, 0.2) is 11.6 Å². The monoisotopic (exact) mass is 620 g/mol. The summed E-state index contributed by atoms with van der Waals surface area (Å²) in [6.45, 7) is 1.55. The van der Waals surface area contributed by atoms with Crippen LogP contribution in [0.2, 0.25) is 0 Å². The predicted molar refractivity (Wildman–Crippen MR) is 148 cm³/mol. The van der Waals surface area contributed by atoms with Gasteiger partial charge in [-0.1, -0.05) is 35.5 Å². The molecule has 2 unspecified atom stereocenters. The number of nitroso groups, excluding NO2 is 1. The van der Waals surface area contributed by atoms with Crippen LogP contribution in [0.5, 0.6) is 11.5 Å². The molecule has 0 bridgehead atoms. The first-order valence-corrected chi connectivity index (χ1v) is 13.8. The first-order valence-electron chi connectivity index (χ1n) is 12.8. The Morgan fingerprint density at radius 1 is 1.00 bits per heavy atom. The van der Waals surface area contributed by atoms with Crippen molar-refractivity contribution in [1.29, 1.82) is 0 Å². The smallest absolute Gasteiger partial charge is 0.494 e. The molecule has 5 rings (SSSR count). The number of pyridine rings is 1. The van der Waals surface area contributed by atoms with Crippen LogP contribution < -0.4 is 15.0 Å². The van der Waals surface area contributed by atoms with Crippen molar-refractivity contribution in [2.45, 2.75) is 36.8 Å². The largest absolute Gasteiger partial charge is 0.573 e. The summed E-state index contributed by atoms with van der Waals surface area (Å²) in [4.78, 5) is 26.3. The molecule has 0 N–H and O–H groups in total. The van der Waals surface area contributed by atoms with Crippen LogP contribution in [0.1, 0.15) is 34.3 Å². The van der Waals surface area contributed by atoms with Crippen LogP contribution >= 0.6 is 11.8 Å². The third kappa shape index (κ3) is 5.73. The average molecular weight is 621 g/mol. The molecule has 0 fully saturated rings. The Bertz CT molecular complexity index is 1740. The highest BCUT2D eigenvalue weighted by atomic mass is 32.2. The number of benzene rings is 3. The lowest BCUT2D eigenvalue weighted by atomic mass is 9.93. The summed E-state index contributed by atoms with van der Waals surface area (Å²) in [7, 11) is 1.26. The Morgan fingerprint density at radius 2 is 1.65 bits per heavy atom. The SMILES string of the molecule is COc1cccc(-c2c(C)c(Cc3c(F)cccc3F)c3n(c2=O)C(C(N=O)c2ccc(OC(F)(F)F)cc2)CS3)c1F. The molecule has 0 radical (unpaired) electrons. The Labute approximate surface area is 245 Å². The van der Waals surface area contributed by atoms with Crippen molar-refractivity contribution in [3.63, 3.8) is 0 Å². The molecule has 0 amide bonds. The summed E-state index contributed by atoms with van der Waals surface area (Å²) in [6, 6.07) is 9.91. The first kappa shape index (κ1) is 30.2. The van der Waals surface area contributed by atoms with E-state index in [1.54, 1.807) is 6.92 Å². The van der Waals surface area contributed by atoms with E-state index < -0.39 is 47.2 Å². The molecule has 1 aromatic heterocycles. The molecule has 1 aliphatic heterocycles. The summed E-state index contributed by atoms with van der Waals surface area (Å²) < 4.78 is 93.2. The highest BCUT2D eigenvalue weighted by Crippen LogP contribution is 2.45. The Kier molecular flexibility index (Phi) is 8.28. The maximum Gasteiger partial charge on any atom is 0.573 e. The van der Waals surface area contributed by atoms with Crippen LogP contribution in [0, 0.1) is 29.3 Å². The number of alkyl halides is 3. The van der Waals surface area contributed by atoms with Gasteiger partial charge in [0, 0.05) is 23.3 Å². The Morgan fingerprint density at radius 3 is 2.26 bits per heavy atom. The lowest BCUT2D eigenvalue weighted by molar-refractivity contribution is -0.274. The molecule has 224 valence electrons. The van der Waals surface area contributed by atoms with E-state index in [-0.39, 0.29) is 45.7 Å². The summed E-state index contributed by atoms with van der Waals surface area (Å²) in [5.74, 6) is -3.00. The number of thioether (sulfide) groups is 1. The van der Waals surface area contributed by atoms with Crippen LogP contribution in [0.4, 0.5) is 26.3 Å². The van der Waals surface area contributed by atoms with E-state index in [0.717, 1.165) is 36.0 Å². The van der Waals surface area contributed by atoms with Gasteiger partial charge in [0.2, 0.25) is 0 Å². The van der Waals surface area contributed by atoms with Crippen LogP contribution in [0.15, 0.2) is 75.7 Å². The van der Waals surface area contributed by atoms with E-state index in [0.29, 0.717) is 10.6 Å². The fourth-order valence-electron chi connectivity index (χ4n) is 5.24. The molecular formula is C30H22F6N2O4S. The highest BCUT2D eigenvalue weighted by molar-refractivity contribution is 7.99. The molecule has 2 heterocycles. The lowest BCUT2D eigenvalue weighted by Crippen LogP contribution is -2.30. The number of ether oxygens (including phenoxy) is 2. The number of rotatable bonds is 8. The topological polar surface area (TPSA) is 69.9 Å². The summed E-state index contributed by atoms with van der Waals surface area (Å²) in [6.07, 6.45) is -5.21. The van der Waals surface area contributed by atoms with Crippen molar-refractivity contribution >= 4 is 11.8 Å². The van der Waals surface area contributed by atoms with Gasteiger partial charge in [-0.2, -0.15) is 4.91 Å². The lowest BCUT2D eigenvalue weighted by Gasteiger charge is -2.23. The van der Waals surface area contributed by atoms with Crippen molar-refractivity contribution in [1.82, 2.24) is 4.57 Å². The molecule has 0 saturated heterocycles. The van der Waals surface area contributed by atoms with Gasteiger partial charge in [-0.25, -0.2) is 13.2 Å². The summed E-state index contributed by atoms with van der Waals surface area (Å²) in [5, 5.41) is 3.51. The van der Waals surface area contributed by atoms with Gasteiger partial charge in [0.1, 0.15) is 23.4 Å². The van der Waals surface area contributed by atoms with Crippen LogP contribution in [-0.2, 0) is 6.42 Å². The van der Waals surface area contributed by atoms with E-state index in [1.165, 1.54) is 48.1 Å². The number of aromatic nitrogens is 1. The third-order valence-electron chi connectivity index (χ3n) is 7.26. The molecule has 6 nitrogen and oxygen atoms in total. The molecule has 43 heavy (non-hydrogen) atoms. The van der Waals surface area contributed by atoms with Crippen LogP contribution in [0.3, 0.4) is 0 Å². The van der Waals surface area contributed by atoms with Crippen molar-refractivity contribution in [3.8, 4) is 22.6 Å². The molecular weight excluding hydrogens is 598 g/mol. The van der Waals surface area contributed by atoms with Crippen molar-refractivity contribution in [3.05, 3.63) is 116 Å². The zero-order valence-corrected chi connectivity index (χ0v) is 23.4. The van der Waals surface area contributed by atoms with Crippen LogP contribution in [-0.4, -0.2) is 23.8 Å². The van der Waals surface area contributed by atoms with E-state index in [9.17, 15) is 31.7 Å². The minimum atomic E-state index is -4.92. The molecule has 0 saturated carbocycles. The maximum absolute atomic E-state index is 15.5. The fraction of sp³-hybridized carbons (Fsp3) is 0.233. The Hall–Kier alpha value is -4.26. The predicted octanol–water partition coefficient (Wildman–Crippen LogP) is 7.89. The standard InChI is InChI=1S/C30H22F6N2O4S/c1-15-19(13-20-21(31)6-4-7-22(20)32)29-38(28(39)25(15)18-5-3-8-24(41-2)26(18)33)23(14-43-29)27(37-40)16-9-11-17(12-10-16)42-30(34,35)36/h3-12,23,27H,13-14H2,1-2H3. The van der Waals surface area contributed by atoms with Gasteiger partial charge in [-0.15, -0.1) is 24.9 Å². The Balaban J connectivity index is 1.70. The molecule has 2 atom stereocenters.